The Kier molecular flexibility index (Phi) is 7.52. The highest BCUT2D eigenvalue weighted by Crippen LogP contribution is 2.52. The van der Waals surface area contributed by atoms with E-state index in [0.717, 1.165) is 0 Å². The maximum absolute atomic E-state index is 13.6. The second-order valence-corrected chi connectivity index (χ2v) is 12.1. The molecule has 0 spiro atoms. The molecular weight excluding hydrogens is 532 g/mol. The summed E-state index contributed by atoms with van der Waals surface area (Å²) in [6.45, 7) is 2.64. The van der Waals surface area contributed by atoms with Crippen molar-refractivity contribution in [2.45, 2.75) is 36.6 Å². The fourth-order valence-corrected chi connectivity index (χ4v) is 6.35. The highest BCUT2D eigenvalue weighted by Gasteiger charge is 2.56. The molecule has 2 aromatic heterocycles. The molecule has 4 rings (SSSR count). The van der Waals surface area contributed by atoms with Gasteiger partial charge >= 0.3 is 7.60 Å². The minimum absolute atomic E-state index is 0.0632. The SMILES string of the molecule is CC(=O)[C@H](C)CP(=O)(OC[C@H]1O[C@@H](n2ccc3c(N)nc(N)nc32)C(Cl)(Cl)[C@H]1O)Oc1ccccc1. The van der Waals surface area contributed by atoms with Crippen molar-refractivity contribution in [1.82, 2.24) is 14.5 Å². The van der Waals surface area contributed by atoms with E-state index in [2.05, 4.69) is 9.97 Å². The third kappa shape index (κ3) is 5.32. The zero-order valence-electron chi connectivity index (χ0n) is 19.5. The maximum atomic E-state index is 13.6. The first-order valence-electron chi connectivity index (χ1n) is 11.0. The van der Waals surface area contributed by atoms with Crippen molar-refractivity contribution < 1.29 is 28.3 Å². The van der Waals surface area contributed by atoms with Crippen molar-refractivity contribution in [2.75, 3.05) is 24.2 Å². The fraction of sp³-hybridized carbons (Fsp3) is 0.409. The van der Waals surface area contributed by atoms with Gasteiger partial charge in [-0.3, -0.25) is 9.32 Å². The van der Waals surface area contributed by atoms with E-state index >= 15 is 0 Å². The molecule has 1 unspecified atom stereocenters. The lowest BCUT2D eigenvalue weighted by Crippen LogP contribution is -2.38. The predicted octanol–water partition coefficient (Wildman–Crippen LogP) is 3.54. The Morgan fingerprint density at radius 2 is 1.97 bits per heavy atom. The van der Waals surface area contributed by atoms with Crippen LogP contribution in [-0.4, -0.2) is 54.7 Å². The number of halogens is 2. The molecule has 1 aliphatic rings. The van der Waals surface area contributed by atoms with E-state index in [-0.39, 0.29) is 30.3 Å². The van der Waals surface area contributed by atoms with Crippen molar-refractivity contribution in [2.24, 2.45) is 5.92 Å². The van der Waals surface area contributed by atoms with Crippen molar-refractivity contribution in [3.63, 3.8) is 0 Å². The first kappa shape index (κ1) is 26.7. The van der Waals surface area contributed by atoms with Gasteiger partial charge in [0, 0.05) is 12.1 Å². The molecule has 5 atom stereocenters. The molecule has 0 amide bonds. The average molecular weight is 558 g/mol. The van der Waals surface area contributed by atoms with E-state index in [4.69, 9.17) is 48.5 Å². The molecule has 14 heteroatoms. The number of carbonyl (C=O) groups excluding carboxylic acids is 1. The smallest absolute Gasteiger partial charge is 0.379 e. The number of nitrogens with zero attached hydrogens (tertiary/aromatic N) is 3. The number of nitrogens with two attached hydrogens (primary N) is 2. The maximum Gasteiger partial charge on any atom is 0.379 e. The minimum Gasteiger partial charge on any atom is -0.424 e. The van der Waals surface area contributed by atoms with Crippen LogP contribution < -0.4 is 16.0 Å². The number of nitrogen functional groups attached to an aromatic ring is 2. The molecule has 1 aromatic carbocycles. The minimum atomic E-state index is -3.86. The molecular formula is C22H26Cl2N5O6P. The Morgan fingerprint density at radius 3 is 2.64 bits per heavy atom. The summed E-state index contributed by atoms with van der Waals surface area (Å²) < 4.78 is 30.6. The van der Waals surface area contributed by atoms with E-state index in [1.165, 1.54) is 11.5 Å². The van der Waals surface area contributed by atoms with Gasteiger partial charge < -0.3 is 30.4 Å². The number of carbonyl (C=O) groups is 1. The summed E-state index contributed by atoms with van der Waals surface area (Å²) in [5.41, 5.74) is 12.0. The Morgan fingerprint density at radius 1 is 1.28 bits per heavy atom. The molecule has 0 bridgehead atoms. The van der Waals surface area contributed by atoms with Gasteiger partial charge in [-0.1, -0.05) is 48.3 Å². The molecule has 3 heterocycles. The molecule has 1 aliphatic heterocycles. The molecule has 0 saturated carbocycles. The number of ether oxygens (including phenoxy) is 1. The van der Waals surface area contributed by atoms with Crippen LogP contribution in [0.3, 0.4) is 0 Å². The van der Waals surface area contributed by atoms with Crippen LogP contribution in [0, 0.1) is 5.92 Å². The van der Waals surface area contributed by atoms with Crippen LogP contribution in [-0.2, 0) is 18.6 Å². The Bertz CT molecular complexity index is 1310. The van der Waals surface area contributed by atoms with Gasteiger partial charge in [0.15, 0.2) is 10.6 Å². The molecule has 1 saturated heterocycles. The molecule has 0 aliphatic carbocycles. The first-order valence-corrected chi connectivity index (χ1v) is 13.5. The highest BCUT2D eigenvalue weighted by atomic mass is 35.5. The number of para-hydroxylation sites is 1. The predicted molar refractivity (Wildman–Crippen MR) is 136 cm³/mol. The van der Waals surface area contributed by atoms with Gasteiger partial charge in [0.1, 0.15) is 35.2 Å². The van der Waals surface area contributed by atoms with Gasteiger partial charge in [-0.25, -0.2) is 4.57 Å². The van der Waals surface area contributed by atoms with Crippen molar-refractivity contribution in [3.05, 3.63) is 42.6 Å². The largest absolute Gasteiger partial charge is 0.424 e. The van der Waals surface area contributed by atoms with Crippen LogP contribution in [0.15, 0.2) is 42.6 Å². The van der Waals surface area contributed by atoms with Crippen LogP contribution in [0.4, 0.5) is 11.8 Å². The number of ketones is 1. The van der Waals surface area contributed by atoms with Crippen molar-refractivity contribution in [3.8, 4) is 5.75 Å². The van der Waals surface area contributed by atoms with Crippen LogP contribution in [0.1, 0.15) is 20.1 Å². The monoisotopic (exact) mass is 557 g/mol. The number of anilines is 2. The van der Waals surface area contributed by atoms with Gasteiger partial charge in [0.25, 0.3) is 0 Å². The third-order valence-electron chi connectivity index (χ3n) is 5.87. The Hall–Kier alpha value is -2.40. The van der Waals surface area contributed by atoms with Crippen LogP contribution in [0.2, 0.25) is 0 Å². The zero-order chi connectivity index (χ0) is 26.3. The standard InChI is InChI=1S/C22H26Cl2N5O6P/c1-12(13(2)30)11-36(32,35-14-6-4-3-5-7-14)33-10-16-17(31)22(23,24)20(34-16)29-9-8-15-18(25)27-21(26)28-19(15)29/h3-9,12,16-17,20,31H,10-11H2,1-2H3,(H4,25,26,27,28)/t12-,16-,17+,20-,36?/m1/s1. The van der Waals surface area contributed by atoms with E-state index in [9.17, 15) is 14.5 Å². The summed E-state index contributed by atoms with van der Waals surface area (Å²) in [5.74, 6) is -0.369. The summed E-state index contributed by atoms with van der Waals surface area (Å²) in [7, 11) is -3.86. The molecule has 0 radical (unpaired) electrons. The molecule has 194 valence electrons. The molecule has 5 N–H and O–H groups in total. The van der Waals surface area contributed by atoms with Gasteiger partial charge in [0.05, 0.1) is 18.2 Å². The number of aliphatic hydroxyl groups is 1. The van der Waals surface area contributed by atoms with E-state index in [1.807, 2.05) is 0 Å². The summed E-state index contributed by atoms with van der Waals surface area (Å²) in [5, 5.41) is 11.4. The van der Waals surface area contributed by atoms with Crippen LogP contribution in [0.25, 0.3) is 11.0 Å². The number of alkyl halides is 2. The topological polar surface area (TPSA) is 165 Å². The highest BCUT2D eigenvalue weighted by molar-refractivity contribution is 7.54. The molecule has 3 aromatic rings. The van der Waals surface area contributed by atoms with Crippen LogP contribution >= 0.6 is 30.8 Å². The van der Waals surface area contributed by atoms with Crippen molar-refractivity contribution >= 4 is 59.4 Å². The van der Waals surface area contributed by atoms with Gasteiger partial charge in [0.2, 0.25) is 5.95 Å². The number of aromatic nitrogens is 3. The van der Waals surface area contributed by atoms with Crippen molar-refractivity contribution in [1.29, 1.82) is 0 Å². The summed E-state index contributed by atoms with van der Waals surface area (Å²) in [6, 6.07) is 10.1. The lowest BCUT2D eigenvalue weighted by atomic mass is 10.1. The second kappa shape index (κ2) is 10.2. The number of rotatable bonds is 9. The lowest BCUT2D eigenvalue weighted by Gasteiger charge is -2.24. The second-order valence-electron chi connectivity index (χ2n) is 8.58. The van der Waals surface area contributed by atoms with E-state index in [1.54, 1.807) is 49.5 Å². The summed E-state index contributed by atoms with van der Waals surface area (Å²) >= 11 is 13.0. The lowest BCUT2D eigenvalue weighted by molar-refractivity contribution is -0.119. The quantitative estimate of drug-likeness (QED) is 0.261. The summed E-state index contributed by atoms with van der Waals surface area (Å²) in [6.07, 6.45) is -2.27. The number of fused-ring (bicyclic) bond motifs is 1. The number of hydrogen-bond donors (Lipinski definition) is 3. The van der Waals surface area contributed by atoms with E-state index in [0.29, 0.717) is 16.8 Å². The first-order chi connectivity index (χ1) is 16.9. The molecule has 1 fully saturated rings. The number of Topliss-reactive ketones (excluding diaryl/α,β-unsaturated/α-hetero) is 1. The summed E-state index contributed by atoms with van der Waals surface area (Å²) in [4.78, 5) is 19.9. The average Bonchev–Trinajstić information content (AvgIpc) is 3.31. The van der Waals surface area contributed by atoms with E-state index < -0.39 is 36.3 Å². The molecule has 11 nitrogen and oxygen atoms in total. The number of hydrogen-bond acceptors (Lipinski definition) is 10. The number of aliphatic hydroxyl groups excluding tert-OH is 1. The van der Waals surface area contributed by atoms with Gasteiger partial charge in [-0.2, -0.15) is 9.97 Å². The van der Waals surface area contributed by atoms with Gasteiger partial charge in [-0.15, -0.1) is 0 Å². The van der Waals surface area contributed by atoms with Crippen LogP contribution in [0.5, 0.6) is 5.75 Å². The zero-order valence-corrected chi connectivity index (χ0v) is 21.9. The molecule has 36 heavy (non-hydrogen) atoms. The Labute approximate surface area is 217 Å². The van der Waals surface area contributed by atoms with Gasteiger partial charge in [-0.05, 0) is 25.1 Å². The fourth-order valence-electron chi connectivity index (χ4n) is 3.78. The number of benzene rings is 1. The Balaban J connectivity index is 1.57. The third-order valence-corrected chi connectivity index (χ3v) is 8.71. The normalized spacial score (nSPS) is 23.9.